The Labute approximate surface area is 168 Å². The van der Waals surface area contributed by atoms with Crippen LogP contribution in [0.3, 0.4) is 0 Å². The first-order valence-corrected chi connectivity index (χ1v) is 10.6. The number of nitriles is 1. The van der Waals surface area contributed by atoms with Crippen LogP contribution in [-0.2, 0) is 22.9 Å². The van der Waals surface area contributed by atoms with E-state index in [1.165, 1.54) is 24.3 Å². The van der Waals surface area contributed by atoms with Crippen LogP contribution in [0.2, 0.25) is 0 Å². The molecule has 0 saturated heterocycles. The molecule has 29 heavy (non-hydrogen) atoms. The summed E-state index contributed by atoms with van der Waals surface area (Å²) in [5, 5.41) is 8.88. The molecule has 4 rings (SSSR count). The van der Waals surface area contributed by atoms with Crippen molar-refractivity contribution in [2.75, 3.05) is 4.72 Å². The molecular formula is C22H18N4O2S. The second-order valence-corrected chi connectivity index (χ2v) is 8.28. The number of benzene rings is 3. The number of anilines is 1. The smallest absolute Gasteiger partial charge is 0.261 e. The molecule has 1 heterocycles. The normalized spacial score (nSPS) is 11.3. The molecule has 0 radical (unpaired) electrons. The summed E-state index contributed by atoms with van der Waals surface area (Å²) >= 11 is 0. The maximum atomic E-state index is 12.7. The summed E-state index contributed by atoms with van der Waals surface area (Å²) in [4.78, 5) is 7.98. The molecule has 0 saturated carbocycles. The number of fused-ring (bicyclic) bond motifs is 1. The molecule has 0 aliphatic rings. The minimum Gasteiger partial charge on any atom is -0.342 e. The Morgan fingerprint density at radius 1 is 0.931 bits per heavy atom. The highest BCUT2D eigenvalue weighted by Gasteiger charge is 2.16. The van der Waals surface area contributed by atoms with Gasteiger partial charge < -0.3 is 4.98 Å². The first-order valence-electron chi connectivity index (χ1n) is 9.10. The minimum absolute atomic E-state index is 0.114. The van der Waals surface area contributed by atoms with Gasteiger partial charge in [0.15, 0.2) is 0 Å². The predicted octanol–water partition coefficient (Wildman–Crippen LogP) is 4.02. The summed E-state index contributed by atoms with van der Waals surface area (Å²) in [5.74, 6) is 0.857. The molecule has 144 valence electrons. The van der Waals surface area contributed by atoms with Gasteiger partial charge in [0.25, 0.3) is 10.0 Å². The molecule has 0 unspecified atom stereocenters. The van der Waals surface area contributed by atoms with Gasteiger partial charge in [-0.05, 0) is 54.4 Å². The molecule has 0 atom stereocenters. The quantitative estimate of drug-likeness (QED) is 0.509. The van der Waals surface area contributed by atoms with Crippen LogP contribution < -0.4 is 4.72 Å². The molecular weight excluding hydrogens is 384 g/mol. The number of H-pyrrole nitrogens is 1. The standard InChI is InChI=1S/C22H18N4O2S/c23-15-16-9-12-18(13-10-16)29(27,28)26-19-6-2-1-5-17(19)11-14-22-24-20-7-3-4-8-21(20)25-22/h1-10,12-13,26H,11,14H2,(H,24,25). The molecule has 0 spiro atoms. The molecule has 3 aromatic carbocycles. The number of aromatic amines is 1. The Hall–Kier alpha value is -3.63. The molecule has 4 aromatic rings. The summed E-state index contributed by atoms with van der Waals surface area (Å²) in [7, 11) is -3.75. The zero-order valence-electron chi connectivity index (χ0n) is 15.5. The van der Waals surface area contributed by atoms with Gasteiger partial charge in [-0.2, -0.15) is 5.26 Å². The fourth-order valence-electron chi connectivity index (χ4n) is 3.13. The van der Waals surface area contributed by atoms with Gasteiger partial charge in [0.05, 0.1) is 33.2 Å². The predicted molar refractivity (Wildman–Crippen MR) is 112 cm³/mol. The SMILES string of the molecule is N#Cc1ccc(S(=O)(=O)Nc2ccccc2CCc2nc3ccccc3[nH]2)cc1. The number of para-hydroxylation sites is 3. The van der Waals surface area contributed by atoms with Crippen LogP contribution in [0.5, 0.6) is 0 Å². The average Bonchev–Trinajstić information content (AvgIpc) is 3.16. The summed E-state index contributed by atoms with van der Waals surface area (Å²) in [6.07, 6.45) is 1.29. The number of aryl methyl sites for hydroxylation is 2. The topological polar surface area (TPSA) is 98.6 Å². The van der Waals surface area contributed by atoms with Crippen LogP contribution in [-0.4, -0.2) is 18.4 Å². The summed E-state index contributed by atoms with van der Waals surface area (Å²) in [6.45, 7) is 0. The fourth-order valence-corrected chi connectivity index (χ4v) is 4.23. The number of nitrogens with zero attached hydrogens (tertiary/aromatic N) is 2. The van der Waals surface area contributed by atoms with Crippen molar-refractivity contribution < 1.29 is 8.42 Å². The van der Waals surface area contributed by atoms with Crippen molar-refractivity contribution in [2.45, 2.75) is 17.7 Å². The van der Waals surface area contributed by atoms with Gasteiger partial charge in [0, 0.05) is 6.42 Å². The van der Waals surface area contributed by atoms with Crippen LogP contribution >= 0.6 is 0 Å². The highest BCUT2D eigenvalue weighted by atomic mass is 32.2. The largest absolute Gasteiger partial charge is 0.342 e. The molecule has 0 fully saturated rings. The van der Waals surface area contributed by atoms with E-state index in [9.17, 15) is 8.42 Å². The van der Waals surface area contributed by atoms with E-state index >= 15 is 0 Å². The van der Waals surface area contributed by atoms with Gasteiger partial charge in [-0.15, -0.1) is 0 Å². The van der Waals surface area contributed by atoms with Gasteiger partial charge in [-0.3, -0.25) is 4.72 Å². The van der Waals surface area contributed by atoms with E-state index in [1.54, 1.807) is 12.1 Å². The number of imidazole rings is 1. The second kappa shape index (κ2) is 7.78. The Morgan fingerprint density at radius 2 is 1.66 bits per heavy atom. The van der Waals surface area contributed by atoms with Crippen molar-refractivity contribution in [2.24, 2.45) is 0 Å². The Balaban J connectivity index is 1.53. The molecule has 7 heteroatoms. The third kappa shape index (κ3) is 4.13. The van der Waals surface area contributed by atoms with E-state index in [0.29, 0.717) is 24.1 Å². The van der Waals surface area contributed by atoms with Crippen molar-refractivity contribution in [1.29, 1.82) is 5.26 Å². The van der Waals surface area contributed by atoms with Gasteiger partial charge in [0.1, 0.15) is 5.82 Å². The van der Waals surface area contributed by atoms with E-state index in [0.717, 1.165) is 22.4 Å². The molecule has 0 aliphatic carbocycles. The van der Waals surface area contributed by atoms with Crippen LogP contribution in [0.1, 0.15) is 17.0 Å². The van der Waals surface area contributed by atoms with E-state index in [-0.39, 0.29) is 4.90 Å². The molecule has 0 bridgehead atoms. The van der Waals surface area contributed by atoms with Crippen LogP contribution in [0, 0.1) is 11.3 Å². The molecule has 6 nitrogen and oxygen atoms in total. The third-order valence-electron chi connectivity index (χ3n) is 4.62. The second-order valence-electron chi connectivity index (χ2n) is 6.60. The summed E-state index contributed by atoms with van der Waals surface area (Å²) in [5.41, 5.74) is 3.72. The average molecular weight is 402 g/mol. The Kier molecular flexibility index (Phi) is 5.02. The van der Waals surface area contributed by atoms with Gasteiger partial charge >= 0.3 is 0 Å². The summed E-state index contributed by atoms with van der Waals surface area (Å²) in [6, 6.07) is 23.0. The van der Waals surface area contributed by atoms with Gasteiger partial charge in [-0.1, -0.05) is 30.3 Å². The van der Waals surface area contributed by atoms with Crippen molar-refractivity contribution in [3.8, 4) is 6.07 Å². The van der Waals surface area contributed by atoms with Crippen LogP contribution in [0.15, 0.2) is 77.7 Å². The molecule has 0 amide bonds. The number of nitrogens with one attached hydrogen (secondary N) is 2. The monoisotopic (exact) mass is 402 g/mol. The van der Waals surface area contributed by atoms with Crippen molar-refractivity contribution in [3.63, 3.8) is 0 Å². The van der Waals surface area contributed by atoms with E-state index in [2.05, 4.69) is 14.7 Å². The first-order chi connectivity index (χ1) is 14.0. The molecule has 1 aromatic heterocycles. The molecule has 0 aliphatic heterocycles. The van der Waals surface area contributed by atoms with Crippen molar-refractivity contribution in [3.05, 3.63) is 89.7 Å². The maximum Gasteiger partial charge on any atom is 0.261 e. The number of hydrogen-bond acceptors (Lipinski definition) is 4. The lowest BCUT2D eigenvalue weighted by Crippen LogP contribution is -2.14. The number of sulfonamides is 1. The number of aromatic nitrogens is 2. The Bertz CT molecular complexity index is 1270. The lowest BCUT2D eigenvalue weighted by Gasteiger charge is -2.12. The maximum absolute atomic E-state index is 12.7. The zero-order chi connectivity index (χ0) is 20.3. The Morgan fingerprint density at radius 3 is 2.41 bits per heavy atom. The van der Waals surface area contributed by atoms with Crippen LogP contribution in [0.4, 0.5) is 5.69 Å². The number of rotatable bonds is 6. The fraction of sp³-hybridized carbons (Fsp3) is 0.0909. The highest BCUT2D eigenvalue weighted by molar-refractivity contribution is 7.92. The minimum atomic E-state index is -3.75. The highest BCUT2D eigenvalue weighted by Crippen LogP contribution is 2.22. The first kappa shape index (κ1) is 18.7. The lowest BCUT2D eigenvalue weighted by atomic mass is 10.1. The van der Waals surface area contributed by atoms with Crippen molar-refractivity contribution >= 4 is 26.7 Å². The number of hydrogen-bond donors (Lipinski definition) is 2. The van der Waals surface area contributed by atoms with E-state index in [4.69, 9.17) is 5.26 Å². The van der Waals surface area contributed by atoms with E-state index < -0.39 is 10.0 Å². The van der Waals surface area contributed by atoms with E-state index in [1.807, 2.05) is 42.5 Å². The zero-order valence-corrected chi connectivity index (χ0v) is 16.3. The molecule has 2 N–H and O–H groups in total. The van der Waals surface area contributed by atoms with Crippen LogP contribution in [0.25, 0.3) is 11.0 Å². The van der Waals surface area contributed by atoms with Gasteiger partial charge in [-0.25, -0.2) is 13.4 Å². The third-order valence-corrected chi connectivity index (χ3v) is 6.01. The van der Waals surface area contributed by atoms with Gasteiger partial charge in [0.2, 0.25) is 0 Å². The lowest BCUT2D eigenvalue weighted by molar-refractivity contribution is 0.601. The summed E-state index contributed by atoms with van der Waals surface area (Å²) < 4.78 is 28.1. The van der Waals surface area contributed by atoms with Crippen molar-refractivity contribution in [1.82, 2.24) is 9.97 Å².